The first-order chi connectivity index (χ1) is 8.79. The van der Waals surface area contributed by atoms with Gasteiger partial charge in [0.15, 0.2) is 0 Å². The molecule has 0 unspecified atom stereocenters. The lowest BCUT2D eigenvalue weighted by atomic mass is 10.1. The molecule has 2 aromatic rings. The number of methoxy groups -OCH3 is 1. The van der Waals surface area contributed by atoms with Crippen LogP contribution in [-0.2, 0) is 6.54 Å². The van der Waals surface area contributed by atoms with Gasteiger partial charge >= 0.3 is 0 Å². The Kier molecular flexibility index (Phi) is 2.48. The summed E-state index contributed by atoms with van der Waals surface area (Å²) in [6.07, 6.45) is 3.37. The smallest absolute Gasteiger partial charge is 0.258 e. The van der Waals surface area contributed by atoms with E-state index >= 15 is 0 Å². The van der Waals surface area contributed by atoms with Crippen LogP contribution in [-0.4, -0.2) is 18.0 Å². The van der Waals surface area contributed by atoms with E-state index in [0.29, 0.717) is 6.54 Å². The van der Waals surface area contributed by atoms with Gasteiger partial charge in [-0.2, -0.15) is 0 Å². The van der Waals surface area contributed by atoms with Crippen LogP contribution in [0, 0.1) is 0 Å². The molecule has 2 heterocycles. The highest BCUT2D eigenvalue weighted by Gasteiger charge is 2.28. The number of benzene rings is 1. The van der Waals surface area contributed by atoms with Crippen LogP contribution in [0.2, 0.25) is 0 Å². The third-order valence-corrected chi connectivity index (χ3v) is 3.09. The molecule has 0 fully saturated rings. The lowest BCUT2D eigenvalue weighted by Gasteiger charge is -2.14. The van der Waals surface area contributed by atoms with Crippen LogP contribution in [0.5, 0.6) is 5.75 Å². The van der Waals surface area contributed by atoms with Crippen LogP contribution in [0.3, 0.4) is 0 Å². The topological polar surface area (TPSA) is 42.4 Å². The number of hydrogen-bond acceptors (Lipinski definition) is 3. The maximum absolute atomic E-state index is 12.3. The molecule has 1 aromatic carbocycles. The van der Waals surface area contributed by atoms with E-state index < -0.39 is 0 Å². The summed E-state index contributed by atoms with van der Waals surface area (Å²) < 4.78 is 5.18. The van der Waals surface area contributed by atoms with E-state index in [-0.39, 0.29) is 5.91 Å². The zero-order chi connectivity index (χ0) is 12.5. The summed E-state index contributed by atoms with van der Waals surface area (Å²) in [6.45, 7) is 0.579. The first-order valence-electron chi connectivity index (χ1n) is 5.68. The fourth-order valence-electron chi connectivity index (χ4n) is 2.16. The number of pyridine rings is 1. The minimum absolute atomic E-state index is 0.0267. The maximum atomic E-state index is 12.3. The van der Waals surface area contributed by atoms with Crippen LogP contribution >= 0.6 is 0 Å². The van der Waals surface area contributed by atoms with Crippen molar-refractivity contribution in [3.8, 4) is 5.75 Å². The number of hydrogen-bond donors (Lipinski definition) is 0. The molecule has 0 saturated carbocycles. The van der Waals surface area contributed by atoms with Gasteiger partial charge in [0.2, 0.25) is 0 Å². The molecule has 3 rings (SSSR count). The second kappa shape index (κ2) is 4.14. The van der Waals surface area contributed by atoms with Gasteiger partial charge < -0.3 is 9.64 Å². The molecule has 0 aliphatic carbocycles. The third-order valence-electron chi connectivity index (χ3n) is 3.09. The maximum Gasteiger partial charge on any atom is 0.258 e. The van der Waals surface area contributed by atoms with Crippen LogP contribution in [0.25, 0.3) is 0 Å². The van der Waals surface area contributed by atoms with Gasteiger partial charge in [-0.1, -0.05) is 0 Å². The first-order valence-corrected chi connectivity index (χ1v) is 5.68. The standard InChI is InChI=1S/C14H12N2O2/c1-18-12-2-3-13-10(8-12)9-16(14(13)17)11-4-6-15-7-5-11/h2-8H,9H2,1H3. The summed E-state index contributed by atoms with van der Waals surface area (Å²) in [4.78, 5) is 18.0. The lowest BCUT2D eigenvalue weighted by Crippen LogP contribution is -2.22. The Morgan fingerprint density at radius 1 is 1.22 bits per heavy atom. The van der Waals surface area contributed by atoms with Crippen molar-refractivity contribution in [1.29, 1.82) is 0 Å². The van der Waals surface area contributed by atoms with E-state index in [1.54, 1.807) is 24.4 Å². The van der Waals surface area contributed by atoms with Gasteiger partial charge in [0.25, 0.3) is 5.91 Å². The van der Waals surface area contributed by atoms with Crippen molar-refractivity contribution in [2.45, 2.75) is 6.54 Å². The Bertz CT molecular complexity index is 596. The number of fused-ring (bicyclic) bond motifs is 1. The van der Waals surface area contributed by atoms with Crippen molar-refractivity contribution in [2.24, 2.45) is 0 Å². The Hall–Kier alpha value is -2.36. The second-order valence-electron chi connectivity index (χ2n) is 4.12. The molecule has 4 nitrogen and oxygen atoms in total. The van der Waals surface area contributed by atoms with E-state index in [1.807, 2.05) is 30.3 Å². The molecule has 1 aliphatic heterocycles. The molecular formula is C14H12N2O2. The van der Waals surface area contributed by atoms with Gasteiger partial charge in [-0.15, -0.1) is 0 Å². The van der Waals surface area contributed by atoms with Crippen molar-refractivity contribution in [2.75, 3.05) is 12.0 Å². The molecule has 0 spiro atoms. The first kappa shape index (κ1) is 10.8. The molecule has 0 bridgehead atoms. The van der Waals surface area contributed by atoms with Gasteiger partial charge in [0.05, 0.1) is 13.7 Å². The summed E-state index contributed by atoms with van der Waals surface area (Å²) in [5.74, 6) is 0.803. The van der Waals surface area contributed by atoms with E-state index in [0.717, 1.165) is 22.6 Å². The summed E-state index contributed by atoms with van der Waals surface area (Å²) in [7, 11) is 1.62. The molecule has 18 heavy (non-hydrogen) atoms. The molecule has 90 valence electrons. The number of rotatable bonds is 2. The molecule has 1 aliphatic rings. The fraction of sp³-hybridized carbons (Fsp3) is 0.143. The number of nitrogens with zero attached hydrogens (tertiary/aromatic N) is 2. The summed E-state index contributed by atoms with van der Waals surface area (Å²) in [6, 6.07) is 9.21. The average molecular weight is 240 g/mol. The largest absolute Gasteiger partial charge is 0.497 e. The minimum Gasteiger partial charge on any atom is -0.497 e. The van der Waals surface area contributed by atoms with Crippen molar-refractivity contribution >= 4 is 11.6 Å². The van der Waals surface area contributed by atoms with Gasteiger partial charge in [-0.25, -0.2) is 0 Å². The molecule has 1 aromatic heterocycles. The SMILES string of the molecule is COc1ccc2c(c1)CN(c1ccncc1)C2=O. The molecule has 0 N–H and O–H groups in total. The number of aromatic nitrogens is 1. The monoisotopic (exact) mass is 240 g/mol. The number of carbonyl (C=O) groups excluding carboxylic acids is 1. The number of ether oxygens (including phenoxy) is 1. The average Bonchev–Trinajstić information content (AvgIpc) is 2.76. The normalized spacial score (nSPS) is 13.6. The van der Waals surface area contributed by atoms with E-state index in [2.05, 4.69) is 4.98 Å². The number of amides is 1. The molecule has 0 saturated heterocycles. The highest BCUT2D eigenvalue weighted by atomic mass is 16.5. The van der Waals surface area contributed by atoms with Gasteiger partial charge in [-0.3, -0.25) is 9.78 Å². The van der Waals surface area contributed by atoms with Crippen LogP contribution in [0.1, 0.15) is 15.9 Å². The van der Waals surface area contributed by atoms with E-state index in [9.17, 15) is 4.79 Å². The third kappa shape index (κ3) is 1.62. The van der Waals surface area contributed by atoms with Crippen molar-refractivity contribution in [1.82, 2.24) is 4.98 Å². The number of carbonyl (C=O) groups is 1. The number of anilines is 1. The Balaban J connectivity index is 1.99. The summed E-state index contributed by atoms with van der Waals surface area (Å²) >= 11 is 0. The molecular weight excluding hydrogens is 228 g/mol. The van der Waals surface area contributed by atoms with Crippen LogP contribution in [0.4, 0.5) is 5.69 Å². The molecule has 0 atom stereocenters. The second-order valence-corrected chi connectivity index (χ2v) is 4.12. The quantitative estimate of drug-likeness (QED) is 0.808. The highest BCUT2D eigenvalue weighted by Crippen LogP contribution is 2.30. The fourth-order valence-corrected chi connectivity index (χ4v) is 2.16. The highest BCUT2D eigenvalue weighted by molar-refractivity contribution is 6.10. The molecule has 4 heteroatoms. The lowest BCUT2D eigenvalue weighted by molar-refractivity contribution is 0.0996. The Morgan fingerprint density at radius 3 is 2.72 bits per heavy atom. The summed E-state index contributed by atoms with van der Waals surface area (Å²) in [5.41, 5.74) is 2.61. The van der Waals surface area contributed by atoms with Crippen LogP contribution in [0.15, 0.2) is 42.7 Å². The predicted octanol–water partition coefficient (Wildman–Crippen LogP) is 2.25. The van der Waals surface area contributed by atoms with Crippen LogP contribution < -0.4 is 9.64 Å². The predicted molar refractivity (Wildman–Crippen MR) is 67.7 cm³/mol. The Morgan fingerprint density at radius 2 is 2.00 bits per heavy atom. The van der Waals surface area contributed by atoms with Crippen molar-refractivity contribution in [3.05, 3.63) is 53.9 Å². The van der Waals surface area contributed by atoms with Crippen molar-refractivity contribution in [3.63, 3.8) is 0 Å². The zero-order valence-electron chi connectivity index (χ0n) is 9.96. The Labute approximate surface area is 105 Å². The van der Waals surface area contributed by atoms with Gasteiger partial charge in [0, 0.05) is 23.6 Å². The summed E-state index contributed by atoms with van der Waals surface area (Å²) in [5, 5.41) is 0. The van der Waals surface area contributed by atoms with E-state index in [4.69, 9.17) is 4.74 Å². The van der Waals surface area contributed by atoms with Crippen molar-refractivity contribution < 1.29 is 9.53 Å². The van der Waals surface area contributed by atoms with Gasteiger partial charge in [0.1, 0.15) is 5.75 Å². The molecule has 1 amide bonds. The zero-order valence-corrected chi connectivity index (χ0v) is 9.96. The van der Waals surface area contributed by atoms with E-state index in [1.165, 1.54) is 0 Å². The molecule has 0 radical (unpaired) electrons. The van der Waals surface area contributed by atoms with Gasteiger partial charge in [-0.05, 0) is 35.9 Å². The minimum atomic E-state index is 0.0267.